The van der Waals surface area contributed by atoms with Crippen molar-refractivity contribution in [2.75, 3.05) is 0 Å². The minimum Gasteiger partial charge on any atom is -0.393 e. The van der Waals surface area contributed by atoms with Gasteiger partial charge in [0.1, 0.15) is 0 Å². The van der Waals surface area contributed by atoms with E-state index in [1.165, 1.54) is 70.6 Å². The molecule has 0 saturated heterocycles. The topological polar surface area (TPSA) is 20.2 Å². The van der Waals surface area contributed by atoms with E-state index in [0.29, 0.717) is 10.8 Å². The van der Waals surface area contributed by atoms with Crippen LogP contribution in [-0.2, 0) is 0 Å². The molecule has 0 aromatic rings. The molecule has 0 spiro atoms. The average molecular weight is 387 g/mol. The van der Waals surface area contributed by atoms with Crippen molar-refractivity contribution in [1.29, 1.82) is 0 Å². The van der Waals surface area contributed by atoms with Crippen LogP contribution in [0.2, 0.25) is 0 Å². The first kappa shape index (κ1) is 21.0. The second kappa shape index (κ2) is 8.09. The number of hydrogen-bond acceptors (Lipinski definition) is 1. The van der Waals surface area contributed by atoms with Crippen LogP contribution in [0.1, 0.15) is 111 Å². The van der Waals surface area contributed by atoms with Gasteiger partial charge in [0.15, 0.2) is 0 Å². The molecule has 0 unspecified atom stereocenters. The second-order valence-corrected chi connectivity index (χ2v) is 12.0. The molecule has 3 saturated carbocycles. The van der Waals surface area contributed by atoms with Crippen LogP contribution in [0.3, 0.4) is 0 Å². The summed E-state index contributed by atoms with van der Waals surface area (Å²) >= 11 is 0. The number of fused-ring (bicyclic) bond motifs is 5. The van der Waals surface area contributed by atoms with E-state index in [2.05, 4.69) is 33.8 Å². The summed E-state index contributed by atoms with van der Waals surface area (Å²) in [5.74, 6) is 4.64. The Morgan fingerprint density at radius 3 is 2.61 bits per heavy atom. The Labute approximate surface area is 174 Å². The SMILES string of the molecule is CC(C)CCCCC[C@H]1CC[C@H]2[C@@H]3CC=C4C[C@@H](O)CC[C@]4(C)[C@H]3CC[C@]12C. The Morgan fingerprint density at radius 2 is 1.82 bits per heavy atom. The summed E-state index contributed by atoms with van der Waals surface area (Å²) < 4.78 is 0. The molecule has 28 heavy (non-hydrogen) atoms. The van der Waals surface area contributed by atoms with Crippen molar-refractivity contribution in [2.45, 2.75) is 117 Å². The second-order valence-electron chi connectivity index (χ2n) is 12.0. The minimum absolute atomic E-state index is 0.0729. The molecule has 7 atom stereocenters. The van der Waals surface area contributed by atoms with Gasteiger partial charge in [-0.2, -0.15) is 0 Å². The average Bonchev–Trinajstić information content (AvgIpc) is 2.98. The molecule has 0 aliphatic heterocycles. The number of hydrogen-bond donors (Lipinski definition) is 1. The van der Waals surface area contributed by atoms with Crippen molar-refractivity contribution in [3.8, 4) is 0 Å². The van der Waals surface area contributed by atoms with Gasteiger partial charge >= 0.3 is 0 Å². The Morgan fingerprint density at radius 1 is 1.00 bits per heavy atom. The van der Waals surface area contributed by atoms with Gasteiger partial charge < -0.3 is 5.11 Å². The standard InChI is InChI=1S/C27H46O/c1-19(2)8-6-5-7-9-20-11-13-24-23-12-10-21-18-22(28)14-16-27(21,4)25(23)15-17-26(20,24)3/h10,19-20,22-25,28H,5-9,11-18H2,1-4H3/t20-,22-,23-,24-,25-,26+,27-/m0/s1. The normalized spacial score (nSPS) is 45.4. The quantitative estimate of drug-likeness (QED) is 0.369. The Balaban J connectivity index is 1.41. The lowest BCUT2D eigenvalue weighted by molar-refractivity contribution is -0.0508. The van der Waals surface area contributed by atoms with Gasteiger partial charge in [0.25, 0.3) is 0 Å². The third-order valence-corrected chi connectivity index (χ3v) is 10.1. The van der Waals surface area contributed by atoms with Crippen LogP contribution in [0.25, 0.3) is 0 Å². The maximum absolute atomic E-state index is 10.2. The molecule has 0 aromatic carbocycles. The van der Waals surface area contributed by atoms with Gasteiger partial charge in [0.05, 0.1) is 6.10 Å². The highest BCUT2D eigenvalue weighted by Gasteiger charge is 2.58. The predicted octanol–water partition coefficient (Wildman–Crippen LogP) is 7.53. The molecule has 1 heteroatoms. The van der Waals surface area contributed by atoms with E-state index in [4.69, 9.17) is 0 Å². The molecule has 1 nitrogen and oxygen atoms in total. The fourth-order valence-electron chi connectivity index (χ4n) is 8.34. The molecular weight excluding hydrogens is 340 g/mol. The third-order valence-electron chi connectivity index (χ3n) is 10.1. The van der Waals surface area contributed by atoms with E-state index in [-0.39, 0.29) is 6.10 Å². The van der Waals surface area contributed by atoms with E-state index in [9.17, 15) is 5.11 Å². The number of aliphatic hydroxyl groups is 1. The van der Waals surface area contributed by atoms with Crippen LogP contribution in [0.15, 0.2) is 11.6 Å². The lowest BCUT2D eigenvalue weighted by Gasteiger charge is -2.58. The molecule has 0 bridgehead atoms. The highest BCUT2D eigenvalue weighted by molar-refractivity contribution is 5.25. The smallest absolute Gasteiger partial charge is 0.0577 e. The molecule has 1 N–H and O–H groups in total. The maximum atomic E-state index is 10.2. The lowest BCUT2D eigenvalue weighted by atomic mass is 9.47. The van der Waals surface area contributed by atoms with Crippen molar-refractivity contribution in [2.24, 2.45) is 40.4 Å². The number of aliphatic hydroxyl groups excluding tert-OH is 1. The number of unbranched alkanes of at least 4 members (excludes halogenated alkanes) is 2. The van der Waals surface area contributed by atoms with Gasteiger partial charge in [-0.25, -0.2) is 0 Å². The zero-order valence-electron chi connectivity index (χ0n) is 19.2. The van der Waals surface area contributed by atoms with Crippen molar-refractivity contribution in [3.63, 3.8) is 0 Å². The molecule has 160 valence electrons. The molecule has 4 rings (SSSR count). The summed E-state index contributed by atoms with van der Waals surface area (Å²) in [6.45, 7) is 9.97. The maximum Gasteiger partial charge on any atom is 0.0577 e. The van der Waals surface area contributed by atoms with Crippen molar-refractivity contribution in [1.82, 2.24) is 0 Å². The van der Waals surface area contributed by atoms with Crippen molar-refractivity contribution in [3.05, 3.63) is 11.6 Å². The summed E-state index contributed by atoms with van der Waals surface area (Å²) in [5.41, 5.74) is 2.64. The molecular formula is C27H46O. The van der Waals surface area contributed by atoms with Crippen LogP contribution in [0, 0.1) is 40.4 Å². The Bertz CT molecular complexity index is 577. The van der Waals surface area contributed by atoms with Gasteiger partial charge in [-0.3, -0.25) is 0 Å². The summed E-state index contributed by atoms with van der Waals surface area (Å²) in [5, 5.41) is 10.2. The molecule has 4 aliphatic carbocycles. The van der Waals surface area contributed by atoms with E-state index in [0.717, 1.165) is 42.4 Å². The van der Waals surface area contributed by atoms with E-state index in [1.807, 2.05) is 0 Å². The molecule has 0 amide bonds. The molecule has 0 heterocycles. The molecule has 4 aliphatic rings. The fraction of sp³-hybridized carbons (Fsp3) is 0.926. The summed E-state index contributed by atoms with van der Waals surface area (Å²) in [6.07, 6.45) is 20.2. The van der Waals surface area contributed by atoms with E-state index < -0.39 is 0 Å². The van der Waals surface area contributed by atoms with Gasteiger partial charge in [0, 0.05) is 0 Å². The van der Waals surface area contributed by atoms with Crippen molar-refractivity contribution >= 4 is 0 Å². The fourth-order valence-corrected chi connectivity index (χ4v) is 8.34. The highest BCUT2D eigenvalue weighted by atomic mass is 16.3. The third kappa shape index (κ3) is 3.63. The molecule has 0 radical (unpaired) electrons. The van der Waals surface area contributed by atoms with Crippen LogP contribution < -0.4 is 0 Å². The van der Waals surface area contributed by atoms with Gasteiger partial charge in [-0.05, 0) is 98.2 Å². The predicted molar refractivity (Wildman–Crippen MR) is 119 cm³/mol. The zero-order valence-corrected chi connectivity index (χ0v) is 19.2. The van der Waals surface area contributed by atoms with Crippen LogP contribution >= 0.6 is 0 Å². The van der Waals surface area contributed by atoms with Gasteiger partial charge in [0.2, 0.25) is 0 Å². The van der Waals surface area contributed by atoms with Crippen molar-refractivity contribution < 1.29 is 5.11 Å². The summed E-state index contributed by atoms with van der Waals surface area (Å²) in [6, 6.07) is 0. The first-order chi connectivity index (χ1) is 13.3. The van der Waals surface area contributed by atoms with E-state index >= 15 is 0 Å². The largest absolute Gasteiger partial charge is 0.393 e. The van der Waals surface area contributed by atoms with Gasteiger partial charge in [-0.15, -0.1) is 0 Å². The molecule has 0 aromatic heterocycles. The molecule has 3 fully saturated rings. The van der Waals surface area contributed by atoms with Crippen LogP contribution in [-0.4, -0.2) is 11.2 Å². The number of allylic oxidation sites excluding steroid dienone is 1. The minimum atomic E-state index is -0.0729. The van der Waals surface area contributed by atoms with E-state index in [1.54, 1.807) is 5.57 Å². The zero-order chi connectivity index (χ0) is 19.9. The Hall–Kier alpha value is -0.300. The van der Waals surface area contributed by atoms with Crippen LogP contribution in [0.5, 0.6) is 0 Å². The summed E-state index contributed by atoms with van der Waals surface area (Å²) in [4.78, 5) is 0. The first-order valence-electron chi connectivity index (χ1n) is 12.7. The lowest BCUT2D eigenvalue weighted by Crippen LogP contribution is -2.50. The number of rotatable bonds is 6. The summed E-state index contributed by atoms with van der Waals surface area (Å²) in [7, 11) is 0. The first-order valence-corrected chi connectivity index (χ1v) is 12.7. The monoisotopic (exact) mass is 386 g/mol. The Kier molecular flexibility index (Phi) is 6.05. The van der Waals surface area contributed by atoms with Gasteiger partial charge in [-0.1, -0.05) is 65.0 Å². The highest BCUT2D eigenvalue weighted by Crippen LogP contribution is 2.66. The van der Waals surface area contributed by atoms with Crippen LogP contribution in [0.4, 0.5) is 0 Å².